The lowest BCUT2D eigenvalue weighted by Gasteiger charge is -2.22. The predicted molar refractivity (Wildman–Crippen MR) is 71.1 cm³/mol. The summed E-state index contributed by atoms with van der Waals surface area (Å²) in [5.41, 5.74) is 0. The number of rotatable bonds is 8. The summed E-state index contributed by atoms with van der Waals surface area (Å²) in [5, 5.41) is 0. The molecule has 0 aromatic heterocycles. The first-order valence-corrected chi connectivity index (χ1v) is 8.39. The van der Waals surface area contributed by atoms with Crippen molar-refractivity contribution >= 4 is 10.2 Å². The van der Waals surface area contributed by atoms with Crippen LogP contribution in [0.2, 0.25) is 0 Å². The molecule has 0 atom stereocenters. The highest BCUT2D eigenvalue weighted by atomic mass is 32.2. The molecule has 1 saturated carbocycles. The van der Waals surface area contributed by atoms with Gasteiger partial charge in [-0.2, -0.15) is 13.1 Å². The Morgan fingerprint density at radius 3 is 2.41 bits per heavy atom. The fourth-order valence-electron chi connectivity index (χ4n) is 2.24. The lowest BCUT2D eigenvalue weighted by atomic mass is 9.96. The van der Waals surface area contributed by atoms with Crippen molar-refractivity contribution in [3.63, 3.8) is 0 Å². The van der Waals surface area contributed by atoms with Gasteiger partial charge in [-0.15, -0.1) is 0 Å². The minimum absolute atomic E-state index is 0.150. The lowest BCUT2D eigenvalue weighted by molar-refractivity contribution is 0.409. The van der Waals surface area contributed by atoms with E-state index in [-0.39, 0.29) is 6.04 Å². The van der Waals surface area contributed by atoms with Gasteiger partial charge < -0.3 is 0 Å². The molecule has 0 radical (unpaired) electrons. The van der Waals surface area contributed by atoms with E-state index in [4.69, 9.17) is 0 Å². The third-order valence-electron chi connectivity index (χ3n) is 3.25. The van der Waals surface area contributed by atoms with Crippen LogP contribution in [0.3, 0.4) is 0 Å². The van der Waals surface area contributed by atoms with E-state index in [0.29, 0.717) is 6.54 Å². The van der Waals surface area contributed by atoms with Crippen LogP contribution < -0.4 is 9.44 Å². The van der Waals surface area contributed by atoms with Gasteiger partial charge in [-0.3, -0.25) is 0 Å². The molecular formula is C12H26N2O2S. The lowest BCUT2D eigenvalue weighted by Crippen LogP contribution is -2.43. The van der Waals surface area contributed by atoms with Crippen LogP contribution in [0.15, 0.2) is 0 Å². The Bertz CT molecular complexity index is 285. The first kappa shape index (κ1) is 14.9. The molecule has 1 aliphatic carbocycles. The number of unbranched alkanes of at least 4 members (excludes halogenated alkanes) is 3. The van der Waals surface area contributed by atoms with Gasteiger partial charge in [0, 0.05) is 12.6 Å². The van der Waals surface area contributed by atoms with Crippen molar-refractivity contribution < 1.29 is 8.42 Å². The van der Waals surface area contributed by atoms with E-state index in [0.717, 1.165) is 38.5 Å². The maximum absolute atomic E-state index is 11.7. The second-order valence-electron chi connectivity index (χ2n) is 4.91. The summed E-state index contributed by atoms with van der Waals surface area (Å²) in [7, 11) is -3.27. The molecule has 0 amide bonds. The van der Waals surface area contributed by atoms with Gasteiger partial charge in [-0.05, 0) is 19.3 Å². The summed E-state index contributed by atoms with van der Waals surface area (Å²) in [4.78, 5) is 0. The van der Waals surface area contributed by atoms with Gasteiger partial charge in [0.05, 0.1) is 0 Å². The molecule has 0 aromatic rings. The maximum atomic E-state index is 11.7. The highest BCUT2D eigenvalue weighted by Crippen LogP contribution is 2.17. The highest BCUT2D eigenvalue weighted by Gasteiger charge is 2.19. The van der Waals surface area contributed by atoms with Crippen LogP contribution in [0, 0.1) is 0 Å². The van der Waals surface area contributed by atoms with Gasteiger partial charge in [0.1, 0.15) is 0 Å². The van der Waals surface area contributed by atoms with Crippen molar-refractivity contribution in [1.82, 2.24) is 9.44 Å². The van der Waals surface area contributed by atoms with E-state index < -0.39 is 10.2 Å². The topological polar surface area (TPSA) is 58.2 Å². The Kier molecular flexibility index (Phi) is 7.08. The Morgan fingerprint density at radius 2 is 1.76 bits per heavy atom. The molecule has 0 aromatic carbocycles. The van der Waals surface area contributed by atoms with Crippen molar-refractivity contribution in [2.24, 2.45) is 0 Å². The molecule has 102 valence electrons. The van der Waals surface area contributed by atoms with Gasteiger partial charge >= 0.3 is 0 Å². The minimum atomic E-state index is -3.27. The van der Waals surface area contributed by atoms with Crippen LogP contribution in [-0.4, -0.2) is 21.0 Å². The van der Waals surface area contributed by atoms with Crippen molar-refractivity contribution in [1.29, 1.82) is 0 Å². The van der Waals surface area contributed by atoms with Gasteiger partial charge in [-0.25, -0.2) is 4.72 Å². The third-order valence-corrected chi connectivity index (χ3v) is 4.48. The van der Waals surface area contributed by atoms with Crippen LogP contribution in [0.1, 0.15) is 64.7 Å². The largest absolute Gasteiger partial charge is 0.277 e. The normalized spacial score (nSPS) is 18.4. The molecular weight excluding hydrogens is 236 g/mol. The Morgan fingerprint density at radius 1 is 1.06 bits per heavy atom. The van der Waals surface area contributed by atoms with E-state index in [2.05, 4.69) is 16.4 Å². The molecule has 1 aliphatic rings. The standard InChI is InChI=1S/C12H26N2O2S/c1-2-3-4-8-11-13-17(15,16)14-12-9-6-5-7-10-12/h12-14H,2-11H2,1H3. The summed E-state index contributed by atoms with van der Waals surface area (Å²) >= 11 is 0. The van der Waals surface area contributed by atoms with Gasteiger partial charge in [0.15, 0.2) is 0 Å². The molecule has 0 spiro atoms. The van der Waals surface area contributed by atoms with Crippen LogP contribution in [0.5, 0.6) is 0 Å². The SMILES string of the molecule is CCCCCCNS(=O)(=O)NC1CCCCC1. The molecule has 0 bridgehead atoms. The summed E-state index contributed by atoms with van der Waals surface area (Å²) < 4.78 is 28.8. The van der Waals surface area contributed by atoms with Gasteiger partial charge in [0.25, 0.3) is 10.2 Å². The Balaban J connectivity index is 2.16. The summed E-state index contributed by atoms with van der Waals surface area (Å²) in [5.74, 6) is 0. The molecule has 5 heteroatoms. The molecule has 0 saturated heterocycles. The molecule has 1 fully saturated rings. The minimum Gasteiger partial charge on any atom is -0.202 e. The quantitative estimate of drug-likeness (QED) is 0.660. The monoisotopic (exact) mass is 262 g/mol. The maximum Gasteiger partial charge on any atom is 0.277 e. The molecule has 17 heavy (non-hydrogen) atoms. The summed E-state index contributed by atoms with van der Waals surface area (Å²) in [6.45, 7) is 2.71. The zero-order chi connectivity index (χ0) is 12.6. The second kappa shape index (κ2) is 8.06. The first-order chi connectivity index (χ1) is 8.14. The van der Waals surface area contributed by atoms with Crippen molar-refractivity contribution in [2.75, 3.05) is 6.54 Å². The van der Waals surface area contributed by atoms with Gasteiger partial charge in [-0.1, -0.05) is 45.4 Å². The summed E-state index contributed by atoms with van der Waals surface area (Å²) in [6, 6.07) is 0.150. The van der Waals surface area contributed by atoms with Crippen molar-refractivity contribution in [3.8, 4) is 0 Å². The van der Waals surface area contributed by atoms with Crippen LogP contribution in [0.25, 0.3) is 0 Å². The van der Waals surface area contributed by atoms with Crippen LogP contribution in [0.4, 0.5) is 0 Å². The molecule has 2 N–H and O–H groups in total. The zero-order valence-corrected chi connectivity index (χ0v) is 11.7. The van der Waals surface area contributed by atoms with Crippen LogP contribution in [-0.2, 0) is 10.2 Å². The van der Waals surface area contributed by atoms with Crippen molar-refractivity contribution in [3.05, 3.63) is 0 Å². The number of hydrogen-bond donors (Lipinski definition) is 2. The number of hydrogen-bond acceptors (Lipinski definition) is 2. The van der Waals surface area contributed by atoms with Crippen LogP contribution >= 0.6 is 0 Å². The van der Waals surface area contributed by atoms with E-state index in [1.54, 1.807) is 0 Å². The van der Waals surface area contributed by atoms with Crippen molar-refractivity contribution in [2.45, 2.75) is 70.8 Å². The Labute approximate surface area is 106 Å². The number of nitrogens with one attached hydrogen (secondary N) is 2. The van der Waals surface area contributed by atoms with E-state index >= 15 is 0 Å². The molecule has 1 rings (SSSR count). The smallest absolute Gasteiger partial charge is 0.202 e. The molecule has 0 heterocycles. The highest BCUT2D eigenvalue weighted by molar-refractivity contribution is 7.87. The fourth-order valence-corrected chi connectivity index (χ4v) is 3.41. The second-order valence-corrected chi connectivity index (χ2v) is 6.44. The fraction of sp³-hybridized carbons (Fsp3) is 1.00. The average Bonchev–Trinajstić information content (AvgIpc) is 2.29. The Hall–Kier alpha value is -0.130. The first-order valence-electron chi connectivity index (χ1n) is 6.91. The zero-order valence-electron chi connectivity index (χ0n) is 10.9. The summed E-state index contributed by atoms with van der Waals surface area (Å²) in [6.07, 6.45) is 9.87. The molecule has 4 nitrogen and oxygen atoms in total. The third kappa shape index (κ3) is 7.01. The van der Waals surface area contributed by atoms with E-state index in [1.165, 1.54) is 19.3 Å². The van der Waals surface area contributed by atoms with E-state index in [9.17, 15) is 8.42 Å². The van der Waals surface area contributed by atoms with Gasteiger partial charge in [0.2, 0.25) is 0 Å². The molecule has 0 unspecified atom stereocenters. The molecule has 0 aliphatic heterocycles. The average molecular weight is 262 g/mol. The predicted octanol–water partition coefficient (Wildman–Crippen LogP) is 2.32. The van der Waals surface area contributed by atoms with E-state index in [1.807, 2.05) is 0 Å².